The largest absolute Gasteiger partial charge is 0.472 e. The van der Waals surface area contributed by atoms with Crippen LogP contribution >= 0.6 is 15.6 Å². The van der Waals surface area contributed by atoms with Crippen molar-refractivity contribution < 1.29 is 80.2 Å². The second-order valence-corrected chi connectivity index (χ2v) is 29.9. The molecule has 3 N–H and O–H groups in total. The Kier molecular flexibility index (Phi) is 76.4. The average molecular weight is 1570 g/mol. The van der Waals surface area contributed by atoms with E-state index in [1.165, 1.54) is 89.9 Å². The number of allylic oxidation sites excluding steroid dienone is 32. The summed E-state index contributed by atoms with van der Waals surface area (Å²) < 4.78 is 68.4. The van der Waals surface area contributed by atoms with Crippen LogP contribution in [0.2, 0.25) is 0 Å². The minimum absolute atomic E-state index is 0.0140. The topological polar surface area (TPSA) is 237 Å². The monoisotopic (exact) mass is 1570 g/mol. The van der Waals surface area contributed by atoms with Gasteiger partial charge in [0.05, 0.1) is 26.4 Å². The Morgan fingerprint density at radius 1 is 0.264 bits per heavy atom. The number of aliphatic hydroxyl groups excluding tert-OH is 1. The van der Waals surface area contributed by atoms with Crippen molar-refractivity contribution in [3.8, 4) is 0 Å². The van der Waals surface area contributed by atoms with Crippen molar-refractivity contribution in [1.29, 1.82) is 0 Å². The zero-order valence-electron chi connectivity index (χ0n) is 68.1. The molecule has 0 saturated heterocycles. The van der Waals surface area contributed by atoms with Gasteiger partial charge in [0, 0.05) is 25.7 Å². The lowest BCUT2D eigenvalue weighted by Crippen LogP contribution is -2.30. The molecule has 17 nitrogen and oxygen atoms in total. The van der Waals surface area contributed by atoms with Crippen molar-refractivity contribution >= 4 is 39.5 Å². The van der Waals surface area contributed by atoms with E-state index < -0.39 is 97.5 Å². The Bertz CT molecular complexity index is 2850. The first-order valence-electron chi connectivity index (χ1n) is 41.7. The first-order valence-corrected chi connectivity index (χ1v) is 44.7. The summed E-state index contributed by atoms with van der Waals surface area (Å²) in [5.74, 6) is -2.48. The molecule has 0 aromatic rings. The number of hydrogen-bond donors (Lipinski definition) is 3. The highest BCUT2D eigenvalue weighted by molar-refractivity contribution is 7.47. The molecule has 0 heterocycles. The van der Waals surface area contributed by atoms with Crippen molar-refractivity contribution in [2.45, 2.75) is 316 Å². The van der Waals surface area contributed by atoms with Crippen LogP contribution in [-0.2, 0) is 65.4 Å². The van der Waals surface area contributed by atoms with E-state index in [1.54, 1.807) is 0 Å². The fourth-order valence-electron chi connectivity index (χ4n) is 10.3. The predicted molar refractivity (Wildman–Crippen MR) is 454 cm³/mol. The van der Waals surface area contributed by atoms with Crippen LogP contribution in [0.25, 0.3) is 0 Å². The molecule has 5 atom stereocenters. The summed E-state index contributed by atoms with van der Waals surface area (Å²) in [6, 6.07) is 0. The maximum absolute atomic E-state index is 13.1. The molecule has 0 aromatic heterocycles. The van der Waals surface area contributed by atoms with Crippen LogP contribution in [-0.4, -0.2) is 96.7 Å². The number of phosphoric ester groups is 2. The summed E-state index contributed by atoms with van der Waals surface area (Å²) >= 11 is 0. The van der Waals surface area contributed by atoms with Crippen LogP contribution in [0.3, 0.4) is 0 Å². The molecule has 0 fully saturated rings. The Labute approximate surface area is 666 Å². The number of esters is 4. The highest BCUT2D eigenvalue weighted by atomic mass is 31.2. The fraction of sp³-hybridized carbons (Fsp3) is 0.604. The highest BCUT2D eigenvalue weighted by Crippen LogP contribution is 2.45. The van der Waals surface area contributed by atoms with Gasteiger partial charge < -0.3 is 33.8 Å². The summed E-state index contributed by atoms with van der Waals surface area (Å²) in [5, 5.41) is 10.7. The van der Waals surface area contributed by atoms with Crippen LogP contribution < -0.4 is 0 Å². The standard InChI is InChI=1S/C91H146O17P2/c1-5-9-13-17-21-25-29-33-36-39-42-45-48-52-55-59-63-67-71-75-88(93)101-81-86(107-90(95)77-73-69-65-61-57-51-32-28-24-20-16-12-8-4)83-105-109(97,98)103-79-85(92)80-104-110(99,100)106-84-87(108-91(96)78-74-70-66-62-58-54-50-47-44-41-38-35-31-27-23-19-15-11-7-3)82-102-89(94)76-72-68-64-60-56-53-49-46-43-40-37-34-30-26-22-18-14-10-6-2/h9,13,21-23,25-27,33-38,42-47,52-56,58,63-64,66-68,70,85-87,92H,5-8,10-12,14-20,24,28-32,39-41,48-51,57,59-62,65,69,71-84H2,1-4H3,(H,97,98)(H,99,100)/b13-9-,25-21-,26-22-,27-23-,36-33-,37-34-,38-35-,45-42-,46-43-,47-44-,55-52-,56-53-,58-54-,67-63-,68-64-,70-66-/t85-,86-,87-/m1/s1. The summed E-state index contributed by atoms with van der Waals surface area (Å²) in [4.78, 5) is 73.1. The van der Waals surface area contributed by atoms with Crippen molar-refractivity contribution in [1.82, 2.24) is 0 Å². The van der Waals surface area contributed by atoms with E-state index in [9.17, 15) is 43.2 Å². The molecule has 0 aromatic carbocycles. The Hall–Kier alpha value is -6.10. The van der Waals surface area contributed by atoms with Crippen molar-refractivity contribution in [2.75, 3.05) is 39.6 Å². The molecule has 0 spiro atoms. The minimum atomic E-state index is -5.03. The van der Waals surface area contributed by atoms with E-state index in [2.05, 4.69) is 167 Å². The Morgan fingerprint density at radius 3 is 0.782 bits per heavy atom. The third-order valence-electron chi connectivity index (χ3n) is 16.6. The van der Waals surface area contributed by atoms with Crippen LogP contribution in [0.15, 0.2) is 194 Å². The Balaban J connectivity index is 5.57. The van der Waals surface area contributed by atoms with Gasteiger partial charge in [-0.1, -0.05) is 325 Å². The lowest BCUT2D eigenvalue weighted by molar-refractivity contribution is -0.161. The molecule has 0 aliphatic heterocycles. The molecule has 19 heteroatoms. The van der Waals surface area contributed by atoms with Crippen molar-refractivity contribution in [2.24, 2.45) is 0 Å². The molecule has 0 radical (unpaired) electrons. The number of ether oxygens (including phenoxy) is 4. The number of carbonyl (C=O) groups excluding carboxylic acids is 4. The van der Waals surface area contributed by atoms with Gasteiger partial charge in [0.15, 0.2) is 12.2 Å². The normalized spacial score (nSPS) is 14.8. The maximum atomic E-state index is 13.1. The van der Waals surface area contributed by atoms with Crippen molar-refractivity contribution in [3.63, 3.8) is 0 Å². The molecule has 622 valence electrons. The Morgan fingerprint density at radius 2 is 0.491 bits per heavy atom. The van der Waals surface area contributed by atoms with E-state index in [1.807, 2.05) is 54.7 Å². The van der Waals surface area contributed by atoms with Gasteiger partial charge in [-0.15, -0.1) is 0 Å². The van der Waals surface area contributed by atoms with Gasteiger partial charge in [0.2, 0.25) is 0 Å². The number of phosphoric acid groups is 2. The molecular weight excluding hydrogens is 1430 g/mol. The van der Waals surface area contributed by atoms with Crippen molar-refractivity contribution in [3.05, 3.63) is 194 Å². The molecule has 0 rings (SSSR count). The molecule has 2 unspecified atom stereocenters. The van der Waals surface area contributed by atoms with Gasteiger partial charge in [0.1, 0.15) is 19.3 Å². The van der Waals surface area contributed by atoms with Gasteiger partial charge in [-0.3, -0.25) is 37.3 Å². The molecule has 0 saturated carbocycles. The second kappa shape index (κ2) is 80.9. The number of hydrogen-bond acceptors (Lipinski definition) is 15. The van der Waals surface area contributed by atoms with Crippen LogP contribution in [0.4, 0.5) is 0 Å². The van der Waals surface area contributed by atoms with Gasteiger partial charge in [-0.25, -0.2) is 9.13 Å². The zero-order chi connectivity index (χ0) is 80.3. The number of rotatable bonds is 76. The molecule has 0 aliphatic rings. The third kappa shape index (κ3) is 80.0. The van der Waals surface area contributed by atoms with Crippen LogP contribution in [0.5, 0.6) is 0 Å². The first kappa shape index (κ1) is 104. The van der Waals surface area contributed by atoms with E-state index in [4.69, 9.17) is 37.0 Å². The van der Waals surface area contributed by atoms with E-state index in [-0.39, 0.29) is 25.7 Å². The summed E-state index contributed by atoms with van der Waals surface area (Å²) in [5.41, 5.74) is 0. The zero-order valence-corrected chi connectivity index (χ0v) is 69.9. The molecule has 110 heavy (non-hydrogen) atoms. The molecule has 0 bridgehead atoms. The molecule has 0 aliphatic carbocycles. The number of unbranched alkanes of at least 4 members (excludes halogenated alkanes) is 18. The fourth-order valence-corrected chi connectivity index (χ4v) is 11.8. The van der Waals surface area contributed by atoms with Crippen LogP contribution in [0.1, 0.15) is 297 Å². The molecule has 0 amide bonds. The quantitative estimate of drug-likeness (QED) is 0.0169. The lowest BCUT2D eigenvalue weighted by atomic mass is 10.0. The van der Waals surface area contributed by atoms with E-state index in [0.29, 0.717) is 44.9 Å². The smallest absolute Gasteiger partial charge is 0.462 e. The lowest BCUT2D eigenvalue weighted by Gasteiger charge is -2.21. The predicted octanol–water partition coefficient (Wildman–Crippen LogP) is 24.9. The van der Waals surface area contributed by atoms with Gasteiger partial charge in [0.25, 0.3) is 0 Å². The van der Waals surface area contributed by atoms with E-state index in [0.717, 1.165) is 109 Å². The second-order valence-electron chi connectivity index (χ2n) is 27.0. The number of aliphatic hydroxyl groups is 1. The summed E-state index contributed by atoms with van der Waals surface area (Å²) in [6.07, 6.45) is 100. The third-order valence-corrected chi connectivity index (χ3v) is 18.5. The maximum Gasteiger partial charge on any atom is 0.472 e. The molecular formula is C91H146O17P2. The van der Waals surface area contributed by atoms with Gasteiger partial charge in [-0.05, 0) is 141 Å². The minimum Gasteiger partial charge on any atom is -0.462 e. The average Bonchev–Trinajstić information content (AvgIpc) is 0.942. The SMILES string of the molecule is CC/C=C\C/C=C\C/C=C\C/C=C\C/C=C\C/C=C\CCC(=O)OC[C@H](COP(=O)(O)OC[C@@H](O)COP(=O)(O)OC[C@@H](COC(=O)CC/C=C\C/C=C\C/C=C\C/C=C\C/C=C\CCCCC)OC(=O)CC/C=C\C/C=C\C/C=C\C/C=C\C/C=C\CCCCC)OC(=O)CCCCCCCCCCCCCCC. The summed E-state index contributed by atoms with van der Waals surface area (Å²) in [7, 11) is -10.0. The highest BCUT2D eigenvalue weighted by Gasteiger charge is 2.30. The van der Waals surface area contributed by atoms with E-state index >= 15 is 0 Å². The van der Waals surface area contributed by atoms with Gasteiger partial charge in [-0.2, -0.15) is 0 Å². The van der Waals surface area contributed by atoms with Crippen LogP contribution in [0, 0.1) is 0 Å². The van der Waals surface area contributed by atoms with Gasteiger partial charge >= 0.3 is 39.5 Å². The number of carbonyl (C=O) groups is 4. The summed E-state index contributed by atoms with van der Waals surface area (Å²) in [6.45, 7) is 4.44. The first-order chi connectivity index (χ1) is 53.7.